The second-order valence-corrected chi connectivity index (χ2v) is 6.83. The van der Waals surface area contributed by atoms with Crippen LogP contribution in [0.4, 0.5) is 5.69 Å². The topological polar surface area (TPSA) is 85.8 Å². The highest BCUT2D eigenvalue weighted by Gasteiger charge is 2.13. The van der Waals surface area contributed by atoms with E-state index in [0.29, 0.717) is 23.7 Å². The lowest BCUT2D eigenvalue weighted by Crippen LogP contribution is -2.25. The summed E-state index contributed by atoms with van der Waals surface area (Å²) < 4.78 is 2.17. The van der Waals surface area contributed by atoms with E-state index in [0.717, 1.165) is 30.4 Å². The van der Waals surface area contributed by atoms with Gasteiger partial charge in [0.05, 0.1) is 5.56 Å². The number of nitrogens with zero attached hydrogens (tertiary/aromatic N) is 3. The molecular formula is C17H26ClN5OS. The Morgan fingerprint density at radius 3 is 2.68 bits per heavy atom. The molecule has 0 saturated heterocycles. The summed E-state index contributed by atoms with van der Waals surface area (Å²) in [6.07, 6.45) is 3.60. The Kier molecular flexibility index (Phi) is 8.78. The van der Waals surface area contributed by atoms with E-state index in [4.69, 9.17) is 5.73 Å². The quantitative estimate of drug-likeness (QED) is 0.415. The Bertz CT molecular complexity index is 689. The lowest BCUT2D eigenvalue weighted by atomic mass is 10.1. The number of anilines is 1. The SMILES string of the molecule is CSc1nnc(CCCNC(=O)c2ccccc2N)n1CC(C)C.Cl. The number of nitrogens with two attached hydrogens (primary N) is 1. The Morgan fingerprint density at radius 1 is 1.32 bits per heavy atom. The van der Waals surface area contributed by atoms with Crippen LogP contribution in [0.5, 0.6) is 0 Å². The van der Waals surface area contributed by atoms with Crippen LogP contribution in [0.25, 0.3) is 0 Å². The van der Waals surface area contributed by atoms with E-state index in [1.54, 1.807) is 23.9 Å². The zero-order chi connectivity index (χ0) is 17.5. The number of amides is 1. The first-order valence-electron chi connectivity index (χ1n) is 8.11. The Hall–Kier alpha value is -1.73. The van der Waals surface area contributed by atoms with Gasteiger partial charge in [0.2, 0.25) is 0 Å². The summed E-state index contributed by atoms with van der Waals surface area (Å²) >= 11 is 1.61. The lowest BCUT2D eigenvalue weighted by Gasteiger charge is -2.12. The molecule has 6 nitrogen and oxygen atoms in total. The van der Waals surface area contributed by atoms with Crippen LogP contribution in [0.2, 0.25) is 0 Å². The fourth-order valence-corrected chi connectivity index (χ4v) is 2.97. The molecule has 1 amide bonds. The largest absolute Gasteiger partial charge is 0.398 e. The number of rotatable bonds is 8. The van der Waals surface area contributed by atoms with Crippen LogP contribution in [0, 0.1) is 5.92 Å². The summed E-state index contributed by atoms with van der Waals surface area (Å²) in [6, 6.07) is 7.09. The first-order valence-corrected chi connectivity index (χ1v) is 9.34. The monoisotopic (exact) mass is 383 g/mol. The van der Waals surface area contributed by atoms with Crippen molar-refractivity contribution >= 4 is 35.8 Å². The molecule has 1 heterocycles. The minimum atomic E-state index is -0.137. The van der Waals surface area contributed by atoms with E-state index in [1.807, 2.05) is 18.4 Å². The lowest BCUT2D eigenvalue weighted by molar-refractivity contribution is 0.0954. The molecule has 0 unspecified atom stereocenters. The maximum Gasteiger partial charge on any atom is 0.253 e. The summed E-state index contributed by atoms with van der Waals surface area (Å²) in [6.45, 7) is 5.85. The van der Waals surface area contributed by atoms with Gasteiger partial charge in [0.25, 0.3) is 5.91 Å². The van der Waals surface area contributed by atoms with Gasteiger partial charge in [-0.1, -0.05) is 37.7 Å². The van der Waals surface area contributed by atoms with Crippen molar-refractivity contribution in [1.29, 1.82) is 0 Å². The zero-order valence-corrected chi connectivity index (χ0v) is 16.5. The van der Waals surface area contributed by atoms with Gasteiger partial charge in [-0.25, -0.2) is 0 Å². The predicted molar refractivity (Wildman–Crippen MR) is 105 cm³/mol. The van der Waals surface area contributed by atoms with Crippen LogP contribution in [0.3, 0.4) is 0 Å². The number of carbonyl (C=O) groups excluding carboxylic acids is 1. The number of thioether (sulfide) groups is 1. The van der Waals surface area contributed by atoms with Gasteiger partial charge in [-0.15, -0.1) is 22.6 Å². The Labute approximate surface area is 159 Å². The highest BCUT2D eigenvalue weighted by atomic mass is 35.5. The number of benzene rings is 1. The highest BCUT2D eigenvalue weighted by Crippen LogP contribution is 2.16. The average Bonchev–Trinajstić information content (AvgIpc) is 2.93. The van der Waals surface area contributed by atoms with Crippen molar-refractivity contribution in [1.82, 2.24) is 20.1 Å². The van der Waals surface area contributed by atoms with E-state index >= 15 is 0 Å². The number of aromatic nitrogens is 3. The maximum atomic E-state index is 12.1. The van der Waals surface area contributed by atoms with Crippen molar-refractivity contribution in [3.8, 4) is 0 Å². The first kappa shape index (κ1) is 21.3. The second-order valence-electron chi connectivity index (χ2n) is 6.05. The average molecular weight is 384 g/mol. The van der Waals surface area contributed by atoms with E-state index in [1.165, 1.54) is 0 Å². The van der Waals surface area contributed by atoms with Crippen LogP contribution in [-0.2, 0) is 13.0 Å². The van der Waals surface area contributed by atoms with Crippen molar-refractivity contribution in [3.05, 3.63) is 35.7 Å². The Balaban J connectivity index is 0.00000312. The minimum Gasteiger partial charge on any atom is -0.398 e. The summed E-state index contributed by atoms with van der Waals surface area (Å²) in [7, 11) is 0. The van der Waals surface area contributed by atoms with Crippen molar-refractivity contribution in [2.45, 2.75) is 38.4 Å². The molecule has 138 valence electrons. The number of hydrogen-bond donors (Lipinski definition) is 2. The molecule has 0 atom stereocenters. The predicted octanol–water partition coefficient (Wildman–Crippen LogP) is 3.02. The molecule has 2 aromatic rings. The van der Waals surface area contributed by atoms with Gasteiger partial charge in [-0.2, -0.15) is 0 Å². The number of hydrogen-bond acceptors (Lipinski definition) is 5. The third-order valence-corrected chi connectivity index (χ3v) is 4.26. The van der Waals surface area contributed by atoms with Crippen molar-refractivity contribution in [2.75, 3.05) is 18.5 Å². The smallest absolute Gasteiger partial charge is 0.253 e. The summed E-state index contributed by atoms with van der Waals surface area (Å²) in [5.41, 5.74) is 6.83. The molecule has 2 rings (SSSR count). The van der Waals surface area contributed by atoms with Gasteiger partial charge in [0, 0.05) is 25.2 Å². The molecule has 3 N–H and O–H groups in total. The molecule has 0 aliphatic heterocycles. The van der Waals surface area contributed by atoms with Gasteiger partial charge in [-0.3, -0.25) is 4.79 Å². The molecule has 1 aromatic carbocycles. The molecule has 0 fully saturated rings. The third kappa shape index (κ3) is 5.93. The van der Waals surface area contributed by atoms with Crippen LogP contribution >= 0.6 is 24.2 Å². The molecule has 0 radical (unpaired) electrons. The highest BCUT2D eigenvalue weighted by molar-refractivity contribution is 7.98. The Morgan fingerprint density at radius 2 is 2.04 bits per heavy atom. The molecule has 25 heavy (non-hydrogen) atoms. The molecule has 8 heteroatoms. The van der Waals surface area contributed by atoms with Gasteiger partial charge in [0.15, 0.2) is 5.16 Å². The van der Waals surface area contributed by atoms with Crippen molar-refractivity contribution < 1.29 is 4.79 Å². The van der Waals surface area contributed by atoms with Crippen LogP contribution < -0.4 is 11.1 Å². The number of aryl methyl sites for hydroxylation is 1. The number of halogens is 1. The maximum absolute atomic E-state index is 12.1. The van der Waals surface area contributed by atoms with Gasteiger partial charge < -0.3 is 15.6 Å². The number of carbonyl (C=O) groups is 1. The molecule has 0 aliphatic rings. The van der Waals surface area contributed by atoms with Gasteiger partial charge in [-0.05, 0) is 30.7 Å². The van der Waals surface area contributed by atoms with Crippen LogP contribution in [0.1, 0.15) is 36.5 Å². The van der Waals surface area contributed by atoms with Gasteiger partial charge in [0.1, 0.15) is 5.82 Å². The summed E-state index contributed by atoms with van der Waals surface area (Å²) in [5.74, 6) is 1.37. The molecular weight excluding hydrogens is 358 g/mol. The van der Waals surface area contributed by atoms with Crippen molar-refractivity contribution in [3.63, 3.8) is 0 Å². The van der Waals surface area contributed by atoms with E-state index in [9.17, 15) is 4.79 Å². The standard InChI is InChI=1S/C17H25N5OS.ClH/c1-12(2)11-22-15(20-21-17(22)24-3)9-6-10-19-16(23)13-7-4-5-8-14(13)18;/h4-5,7-8,12H,6,9-11,18H2,1-3H3,(H,19,23);1H. The molecule has 0 saturated carbocycles. The third-order valence-electron chi connectivity index (χ3n) is 3.59. The fraction of sp³-hybridized carbons (Fsp3) is 0.471. The number of nitrogen functional groups attached to an aromatic ring is 1. The molecule has 0 aliphatic carbocycles. The second kappa shape index (κ2) is 10.3. The first-order chi connectivity index (χ1) is 11.5. The van der Waals surface area contributed by atoms with E-state index in [2.05, 4.69) is 33.9 Å². The van der Waals surface area contributed by atoms with E-state index < -0.39 is 0 Å². The number of para-hydroxylation sites is 1. The van der Waals surface area contributed by atoms with E-state index in [-0.39, 0.29) is 18.3 Å². The summed E-state index contributed by atoms with van der Waals surface area (Å²) in [4.78, 5) is 12.1. The zero-order valence-electron chi connectivity index (χ0n) is 14.9. The fourth-order valence-electron chi connectivity index (χ4n) is 2.45. The summed E-state index contributed by atoms with van der Waals surface area (Å²) in [5, 5.41) is 12.4. The molecule has 0 bridgehead atoms. The van der Waals surface area contributed by atoms with Crippen molar-refractivity contribution in [2.24, 2.45) is 5.92 Å². The normalized spacial score (nSPS) is 10.6. The number of nitrogens with one attached hydrogen (secondary N) is 1. The van der Waals surface area contributed by atoms with Gasteiger partial charge >= 0.3 is 0 Å². The van der Waals surface area contributed by atoms with Crippen LogP contribution in [0.15, 0.2) is 29.4 Å². The van der Waals surface area contributed by atoms with Crippen LogP contribution in [-0.4, -0.2) is 33.5 Å². The molecule has 1 aromatic heterocycles. The minimum absolute atomic E-state index is 0. The molecule has 0 spiro atoms.